The molecule has 2 bridgehead atoms. The molecule has 0 saturated heterocycles. The molecule has 10 heteroatoms. The number of rotatable bonds is 14. The van der Waals surface area contributed by atoms with Crippen molar-refractivity contribution in [3.05, 3.63) is 95.1 Å². The van der Waals surface area contributed by atoms with Gasteiger partial charge in [0.1, 0.15) is 0 Å². The molecule has 2 aromatic carbocycles. The first kappa shape index (κ1) is 39.4. The molecule has 8 rings (SSSR count). The van der Waals surface area contributed by atoms with Gasteiger partial charge in [0.25, 0.3) is 0 Å². The first-order chi connectivity index (χ1) is 25.6. The lowest BCUT2D eigenvalue weighted by Gasteiger charge is -2.71. The van der Waals surface area contributed by atoms with Crippen LogP contribution in [0.15, 0.2) is 78.4 Å². The number of allylic oxidation sites excluding steroid dienone is 4. The van der Waals surface area contributed by atoms with Gasteiger partial charge in [0.15, 0.2) is 5.78 Å². The monoisotopic (exact) mass is 751 g/mol. The largest absolute Gasteiger partial charge is 0.416 e. The van der Waals surface area contributed by atoms with Crippen molar-refractivity contribution in [1.82, 2.24) is 4.90 Å². The highest BCUT2D eigenvalue weighted by molar-refractivity contribution is 6.10. The van der Waals surface area contributed by atoms with E-state index in [2.05, 4.69) is 30.9 Å². The van der Waals surface area contributed by atoms with Crippen LogP contribution >= 0.6 is 0 Å². The Labute approximate surface area is 317 Å². The van der Waals surface area contributed by atoms with E-state index in [1.807, 2.05) is 36.4 Å². The van der Waals surface area contributed by atoms with Crippen LogP contribution in [0, 0.1) is 33.5 Å². The van der Waals surface area contributed by atoms with Crippen LogP contribution in [0.3, 0.4) is 0 Å². The molecule has 3 N–H and O–H groups in total. The van der Waals surface area contributed by atoms with Gasteiger partial charge in [0, 0.05) is 60.7 Å². The van der Waals surface area contributed by atoms with Gasteiger partial charge in [-0.3, -0.25) is 9.69 Å². The maximum atomic E-state index is 14.8. The summed E-state index contributed by atoms with van der Waals surface area (Å²) in [6.07, 6.45) is 5.68. The molecule has 0 amide bonds. The van der Waals surface area contributed by atoms with E-state index in [4.69, 9.17) is 9.47 Å². The third kappa shape index (κ3) is 6.52. The molecule has 1 unspecified atom stereocenters. The minimum absolute atomic E-state index is 0.00735. The zero-order valence-corrected chi connectivity index (χ0v) is 31.8. The number of carbonyl (C=O) groups is 1. The smallest absolute Gasteiger partial charge is 0.393 e. The van der Waals surface area contributed by atoms with Gasteiger partial charge in [-0.1, -0.05) is 74.5 Å². The fourth-order valence-electron chi connectivity index (χ4n) is 11.9. The molecule has 3 fully saturated rings. The molecule has 54 heavy (non-hydrogen) atoms. The number of ketones is 1. The predicted octanol–water partition coefficient (Wildman–Crippen LogP) is 7.40. The molecule has 0 aliphatic heterocycles. The quantitative estimate of drug-likeness (QED) is 0.105. The predicted molar refractivity (Wildman–Crippen MR) is 199 cm³/mol. The third-order valence-corrected chi connectivity index (χ3v) is 14.6. The van der Waals surface area contributed by atoms with Crippen LogP contribution in [0.25, 0.3) is 0 Å². The number of hydrogen-bond acceptors (Lipinski definition) is 7. The Kier molecular flexibility index (Phi) is 10.6. The number of benzene rings is 2. The van der Waals surface area contributed by atoms with Crippen molar-refractivity contribution in [1.29, 1.82) is 0 Å². The van der Waals surface area contributed by atoms with E-state index < -0.39 is 51.6 Å². The van der Waals surface area contributed by atoms with Crippen LogP contribution in [-0.4, -0.2) is 83.8 Å². The lowest BCUT2D eigenvalue weighted by molar-refractivity contribution is -0.177. The topological polar surface area (TPSA) is 99.5 Å². The molecule has 0 aromatic heterocycles. The highest BCUT2D eigenvalue weighted by atomic mass is 19.4. The summed E-state index contributed by atoms with van der Waals surface area (Å²) >= 11 is 0. The van der Waals surface area contributed by atoms with Crippen LogP contribution in [0.5, 0.6) is 0 Å². The number of halogens is 3. The molecule has 2 spiro atoms. The van der Waals surface area contributed by atoms with Gasteiger partial charge in [-0.2, -0.15) is 13.2 Å². The van der Waals surface area contributed by atoms with E-state index in [9.17, 15) is 33.3 Å². The van der Waals surface area contributed by atoms with Crippen LogP contribution in [0.2, 0.25) is 0 Å². The van der Waals surface area contributed by atoms with Crippen molar-refractivity contribution < 1.29 is 42.8 Å². The van der Waals surface area contributed by atoms with Crippen molar-refractivity contribution in [3.8, 4) is 0 Å². The second-order valence-electron chi connectivity index (χ2n) is 17.5. The molecular weight excluding hydrogens is 695 g/mol. The lowest BCUT2D eigenvalue weighted by Crippen LogP contribution is -2.67. The van der Waals surface area contributed by atoms with Crippen molar-refractivity contribution in [2.75, 3.05) is 40.0 Å². The van der Waals surface area contributed by atoms with Crippen molar-refractivity contribution >= 4 is 5.78 Å². The summed E-state index contributed by atoms with van der Waals surface area (Å²) in [6.45, 7) is 6.71. The number of nitrogens with zero attached hydrogens (tertiary/aromatic N) is 1. The standard InChI is InChI=1S/C44H56F3NO6/c1-39-16-13-33(49)24-41(39)19-20-43(35(25-41)38(51)31-11-7-12-32(23-31)44(45,46)47)36(39)14-17-40(2)37(43)15-18-42(40,52)29-48(21-8-22-53-3)26-34(50)28-54-27-30-9-5-4-6-10-30/h4-7,9-12,19-20,23,25,33-34,36-37,49-50,52H,8,13-18,21-22,24,26-29H2,1-3H3/t33?,34-,36-,37-,39-,40+,41+,42-,43-/m1/s1. The Morgan fingerprint density at radius 2 is 1.70 bits per heavy atom. The number of carbonyl (C=O) groups excluding carboxylic acids is 1. The minimum atomic E-state index is -4.59. The number of methoxy groups -OCH3 is 1. The number of hydrogen-bond donors (Lipinski definition) is 3. The van der Waals surface area contributed by atoms with Crippen LogP contribution in [0.1, 0.15) is 86.7 Å². The second kappa shape index (κ2) is 14.6. The molecule has 6 aliphatic carbocycles. The fraction of sp³-hybridized carbons (Fsp3) is 0.614. The molecule has 2 aromatic rings. The Hall–Kier alpha value is -2.86. The number of aliphatic hydroxyl groups is 3. The maximum absolute atomic E-state index is 14.8. The lowest BCUT2D eigenvalue weighted by atomic mass is 9.32. The molecule has 9 atom stereocenters. The van der Waals surface area contributed by atoms with Gasteiger partial charge >= 0.3 is 6.18 Å². The van der Waals surface area contributed by atoms with Crippen LogP contribution in [-0.2, 0) is 22.3 Å². The van der Waals surface area contributed by atoms with E-state index in [0.29, 0.717) is 70.5 Å². The molecule has 0 radical (unpaired) electrons. The number of alkyl halides is 3. The Balaban J connectivity index is 1.21. The minimum Gasteiger partial charge on any atom is -0.393 e. The molecule has 294 valence electrons. The maximum Gasteiger partial charge on any atom is 0.416 e. The SMILES string of the molecule is COCCCN(C[C@@H](O)COCc1ccccc1)C[C@]1(O)CC[C@H]2[C@]34C=C[C@@]5(C=C3C(=O)c3cccc(C(F)(F)F)c3)CC(O)CC[C@]5(C)[C@H]4CC[C@@]21C. The molecule has 6 aliphatic rings. The highest BCUT2D eigenvalue weighted by Gasteiger charge is 2.74. The summed E-state index contributed by atoms with van der Waals surface area (Å²) in [7, 11) is 1.65. The highest BCUT2D eigenvalue weighted by Crippen LogP contribution is 2.78. The molecule has 3 saturated carbocycles. The number of fused-ring (bicyclic) bond motifs is 1. The zero-order valence-electron chi connectivity index (χ0n) is 31.8. The fourth-order valence-corrected chi connectivity index (χ4v) is 11.9. The zero-order chi connectivity index (χ0) is 38.6. The first-order valence-corrected chi connectivity index (χ1v) is 19.7. The van der Waals surface area contributed by atoms with Gasteiger partial charge in [-0.15, -0.1) is 0 Å². The molecule has 0 heterocycles. The van der Waals surface area contributed by atoms with Gasteiger partial charge < -0.3 is 24.8 Å². The van der Waals surface area contributed by atoms with E-state index >= 15 is 0 Å². The number of aliphatic hydroxyl groups excluding tert-OH is 2. The Morgan fingerprint density at radius 3 is 2.44 bits per heavy atom. The average molecular weight is 752 g/mol. The van der Waals surface area contributed by atoms with Gasteiger partial charge in [-0.25, -0.2) is 0 Å². The van der Waals surface area contributed by atoms with E-state index in [0.717, 1.165) is 37.0 Å². The summed E-state index contributed by atoms with van der Waals surface area (Å²) in [5.74, 6) is -0.552. The normalized spacial score (nSPS) is 36.0. The molecular formula is C44H56F3NO6. The van der Waals surface area contributed by atoms with Crippen molar-refractivity contribution in [2.24, 2.45) is 33.5 Å². The Morgan fingerprint density at radius 1 is 0.981 bits per heavy atom. The first-order valence-electron chi connectivity index (χ1n) is 19.7. The van der Waals surface area contributed by atoms with E-state index in [1.165, 1.54) is 12.1 Å². The van der Waals surface area contributed by atoms with Gasteiger partial charge in [-0.05, 0) is 86.3 Å². The Bertz CT molecular complexity index is 1750. The van der Waals surface area contributed by atoms with Crippen LogP contribution < -0.4 is 0 Å². The molecule has 7 nitrogen and oxygen atoms in total. The van der Waals surface area contributed by atoms with E-state index in [1.54, 1.807) is 7.11 Å². The summed E-state index contributed by atoms with van der Waals surface area (Å²) in [5, 5.41) is 35.1. The summed E-state index contributed by atoms with van der Waals surface area (Å²) in [5.41, 5.74) is -2.78. The summed E-state index contributed by atoms with van der Waals surface area (Å²) in [4.78, 5) is 16.9. The van der Waals surface area contributed by atoms with E-state index in [-0.39, 0.29) is 29.4 Å². The van der Waals surface area contributed by atoms with Gasteiger partial charge in [0.2, 0.25) is 0 Å². The summed E-state index contributed by atoms with van der Waals surface area (Å²) in [6, 6.07) is 14.5. The average Bonchev–Trinajstić information content (AvgIpc) is 3.41. The third-order valence-electron chi connectivity index (χ3n) is 14.6. The van der Waals surface area contributed by atoms with Crippen LogP contribution in [0.4, 0.5) is 13.2 Å². The number of ether oxygens (including phenoxy) is 2. The van der Waals surface area contributed by atoms with Crippen molar-refractivity contribution in [3.63, 3.8) is 0 Å². The summed E-state index contributed by atoms with van der Waals surface area (Å²) < 4.78 is 52.9. The second-order valence-corrected chi connectivity index (χ2v) is 17.5. The number of Topliss-reactive ketones (excluding diaryl/α,β-unsaturated/α-hetero) is 1. The van der Waals surface area contributed by atoms with Gasteiger partial charge in [0.05, 0.1) is 36.6 Å². The van der Waals surface area contributed by atoms with Crippen molar-refractivity contribution in [2.45, 2.75) is 95.8 Å².